The molecule has 18 heavy (non-hydrogen) atoms. The molecule has 0 aliphatic carbocycles. The Hall–Kier alpha value is -2.16. The Kier molecular flexibility index (Phi) is 3.15. The molecule has 3 heteroatoms. The zero-order chi connectivity index (χ0) is 13.3. The minimum absolute atomic E-state index is 0.300. The van der Waals surface area contributed by atoms with Gasteiger partial charge >= 0.3 is 5.97 Å². The van der Waals surface area contributed by atoms with E-state index in [-0.39, 0.29) is 5.56 Å². The summed E-state index contributed by atoms with van der Waals surface area (Å²) in [4.78, 5) is 10.9. The second-order valence-corrected chi connectivity index (χ2v) is 4.27. The highest BCUT2D eigenvalue weighted by molar-refractivity contribution is 5.90. The van der Waals surface area contributed by atoms with Crippen LogP contribution >= 0.6 is 0 Å². The second-order valence-electron chi connectivity index (χ2n) is 4.27. The van der Waals surface area contributed by atoms with Crippen LogP contribution in [0.2, 0.25) is 0 Å². The van der Waals surface area contributed by atoms with Crippen molar-refractivity contribution >= 4 is 5.97 Å². The zero-order valence-electron chi connectivity index (χ0n) is 10.2. The van der Waals surface area contributed by atoms with Crippen LogP contribution in [0.15, 0.2) is 36.4 Å². The number of carbonyl (C=O) groups is 1. The molecule has 1 N–H and O–H groups in total. The van der Waals surface area contributed by atoms with E-state index in [1.165, 1.54) is 6.07 Å². The predicted molar refractivity (Wildman–Crippen MR) is 68.3 cm³/mol. The standard InChI is InChI=1S/C15H13FO2/c1-9-6-7-11(8-10(9)2)12-4-3-5-13(14(12)16)15(17)18/h3-8H,1-2H3,(H,17,18). The average molecular weight is 244 g/mol. The van der Waals surface area contributed by atoms with E-state index in [1.807, 2.05) is 26.0 Å². The quantitative estimate of drug-likeness (QED) is 0.872. The number of aromatic carboxylic acids is 1. The van der Waals surface area contributed by atoms with E-state index < -0.39 is 11.8 Å². The Morgan fingerprint density at radius 3 is 2.44 bits per heavy atom. The molecule has 0 bridgehead atoms. The Bertz CT molecular complexity index is 618. The largest absolute Gasteiger partial charge is 0.478 e. The van der Waals surface area contributed by atoms with Gasteiger partial charge in [0, 0.05) is 5.56 Å². The lowest BCUT2D eigenvalue weighted by Crippen LogP contribution is -2.01. The Morgan fingerprint density at radius 2 is 1.83 bits per heavy atom. The molecule has 0 aliphatic heterocycles. The highest BCUT2D eigenvalue weighted by Crippen LogP contribution is 2.26. The number of carboxylic acids is 1. The number of hydrogen-bond donors (Lipinski definition) is 1. The maximum atomic E-state index is 14.1. The van der Waals surface area contributed by atoms with Gasteiger partial charge in [-0.2, -0.15) is 0 Å². The summed E-state index contributed by atoms with van der Waals surface area (Å²) in [6.45, 7) is 3.92. The van der Waals surface area contributed by atoms with Crippen molar-refractivity contribution in [1.82, 2.24) is 0 Å². The second kappa shape index (κ2) is 4.61. The zero-order valence-corrected chi connectivity index (χ0v) is 10.2. The Balaban J connectivity index is 2.60. The molecule has 0 fully saturated rings. The maximum absolute atomic E-state index is 14.1. The number of benzene rings is 2. The molecule has 2 rings (SSSR count). The van der Waals surface area contributed by atoms with E-state index in [9.17, 15) is 9.18 Å². The topological polar surface area (TPSA) is 37.3 Å². The lowest BCUT2D eigenvalue weighted by atomic mass is 9.98. The van der Waals surface area contributed by atoms with Gasteiger partial charge in [0.2, 0.25) is 0 Å². The summed E-state index contributed by atoms with van der Waals surface area (Å²) in [5, 5.41) is 8.90. The summed E-state index contributed by atoms with van der Waals surface area (Å²) in [5.74, 6) is -1.94. The van der Waals surface area contributed by atoms with Gasteiger partial charge in [-0.3, -0.25) is 0 Å². The van der Waals surface area contributed by atoms with Crippen molar-refractivity contribution in [2.24, 2.45) is 0 Å². The summed E-state index contributed by atoms with van der Waals surface area (Å²) >= 11 is 0. The third-order valence-corrected chi connectivity index (χ3v) is 3.05. The van der Waals surface area contributed by atoms with Gasteiger partial charge in [-0.15, -0.1) is 0 Å². The maximum Gasteiger partial charge on any atom is 0.338 e. The summed E-state index contributed by atoms with van der Waals surface area (Å²) < 4.78 is 14.1. The first kappa shape index (κ1) is 12.3. The van der Waals surface area contributed by atoms with Crippen LogP contribution in [-0.4, -0.2) is 11.1 Å². The minimum atomic E-state index is -1.25. The molecular formula is C15H13FO2. The third-order valence-electron chi connectivity index (χ3n) is 3.05. The molecule has 0 radical (unpaired) electrons. The van der Waals surface area contributed by atoms with Gasteiger partial charge in [-0.05, 0) is 36.6 Å². The van der Waals surface area contributed by atoms with Crippen molar-refractivity contribution in [2.45, 2.75) is 13.8 Å². The molecule has 2 aromatic carbocycles. The molecule has 2 nitrogen and oxygen atoms in total. The third kappa shape index (κ3) is 2.12. The first-order chi connectivity index (χ1) is 8.50. The normalized spacial score (nSPS) is 10.4. The van der Waals surface area contributed by atoms with Crippen molar-refractivity contribution in [3.63, 3.8) is 0 Å². The van der Waals surface area contributed by atoms with Crippen LogP contribution in [0.4, 0.5) is 4.39 Å². The van der Waals surface area contributed by atoms with E-state index >= 15 is 0 Å². The summed E-state index contributed by atoms with van der Waals surface area (Å²) in [6, 6.07) is 9.97. The van der Waals surface area contributed by atoms with Crippen LogP contribution < -0.4 is 0 Å². The van der Waals surface area contributed by atoms with Crippen molar-refractivity contribution in [1.29, 1.82) is 0 Å². The molecule has 0 amide bonds. The van der Waals surface area contributed by atoms with Crippen LogP contribution in [0.5, 0.6) is 0 Å². The lowest BCUT2D eigenvalue weighted by molar-refractivity contribution is 0.0692. The van der Waals surface area contributed by atoms with Crippen LogP contribution in [-0.2, 0) is 0 Å². The van der Waals surface area contributed by atoms with Gasteiger partial charge in [0.05, 0.1) is 5.56 Å². The minimum Gasteiger partial charge on any atom is -0.478 e. The van der Waals surface area contributed by atoms with E-state index in [0.717, 1.165) is 11.1 Å². The van der Waals surface area contributed by atoms with Crippen LogP contribution in [0.3, 0.4) is 0 Å². The van der Waals surface area contributed by atoms with Gasteiger partial charge in [-0.1, -0.05) is 30.3 Å². The SMILES string of the molecule is Cc1ccc(-c2cccc(C(=O)O)c2F)cc1C. The van der Waals surface area contributed by atoms with E-state index in [0.29, 0.717) is 11.1 Å². The average Bonchev–Trinajstić information content (AvgIpc) is 2.33. The first-order valence-electron chi connectivity index (χ1n) is 5.60. The lowest BCUT2D eigenvalue weighted by Gasteiger charge is -2.08. The van der Waals surface area contributed by atoms with Gasteiger partial charge in [0.1, 0.15) is 5.82 Å². The summed E-state index contributed by atoms with van der Waals surface area (Å²) in [7, 11) is 0. The first-order valence-corrected chi connectivity index (χ1v) is 5.60. The molecular weight excluding hydrogens is 231 g/mol. The molecule has 0 saturated heterocycles. The predicted octanol–water partition coefficient (Wildman–Crippen LogP) is 3.81. The molecule has 0 heterocycles. The molecule has 92 valence electrons. The Morgan fingerprint density at radius 1 is 1.11 bits per heavy atom. The number of aryl methyl sites for hydroxylation is 2. The van der Waals surface area contributed by atoms with Gasteiger partial charge in [0.15, 0.2) is 0 Å². The van der Waals surface area contributed by atoms with Crippen LogP contribution in [0.25, 0.3) is 11.1 Å². The molecule has 0 aliphatic rings. The highest BCUT2D eigenvalue weighted by atomic mass is 19.1. The molecule has 2 aromatic rings. The van der Waals surface area contributed by atoms with Gasteiger partial charge in [0.25, 0.3) is 0 Å². The fraction of sp³-hybridized carbons (Fsp3) is 0.133. The molecule has 0 atom stereocenters. The number of rotatable bonds is 2. The number of carboxylic acid groups (broad SMARTS) is 1. The fourth-order valence-electron chi connectivity index (χ4n) is 1.83. The Labute approximate surface area is 105 Å². The van der Waals surface area contributed by atoms with Gasteiger partial charge in [-0.25, -0.2) is 9.18 Å². The highest BCUT2D eigenvalue weighted by Gasteiger charge is 2.14. The molecule has 0 spiro atoms. The molecule has 0 saturated carbocycles. The van der Waals surface area contributed by atoms with Crippen molar-refractivity contribution in [2.75, 3.05) is 0 Å². The van der Waals surface area contributed by atoms with Crippen LogP contribution in [0.1, 0.15) is 21.5 Å². The fourth-order valence-corrected chi connectivity index (χ4v) is 1.83. The van der Waals surface area contributed by atoms with Crippen molar-refractivity contribution in [3.8, 4) is 11.1 Å². The van der Waals surface area contributed by atoms with Crippen molar-refractivity contribution < 1.29 is 14.3 Å². The van der Waals surface area contributed by atoms with E-state index in [2.05, 4.69) is 0 Å². The number of hydrogen-bond acceptors (Lipinski definition) is 1. The monoisotopic (exact) mass is 244 g/mol. The van der Waals surface area contributed by atoms with E-state index in [1.54, 1.807) is 18.2 Å². The summed E-state index contributed by atoms with van der Waals surface area (Å²) in [6.07, 6.45) is 0. The van der Waals surface area contributed by atoms with Crippen molar-refractivity contribution in [3.05, 3.63) is 58.9 Å². The number of halogens is 1. The smallest absolute Gasteiger partial charge is 0.338 e. The van der Waals surface area contributed by atoms with E-state index in [4.69, 9.17) is 5.11 Å². The molecule has 0 unspecified atom stereocenters. The van der Waals surface area contributed by atoms with Crippen LogP contribution in [0, 0.1) is 19.7 Å². The summed E-state index contributed by atoms with van der Waals surface area (Å²) in [5.41, 5.74) is 2.88. The van der Waals surface area contributed by atoms with Gasteiger partial charge < -0.3 is 5.11 Å². The molecule has 0 aromatic heterocycles.